The molecule has 0 N–H and O–H groups in total. The highest BCUT2D eigenvalue weighted by Gasteiger charge is 2.35. The molecule has 0 saturated heterocycles. The van der Waals surface area contributed by atoms with Crippen molar-refractivity contribution in [3.8, 4) is 0 Å². The summed E-state index contributed by atoms with van der Waals surface area (Å²) in [6.45, 7) is 0. The van der Waals surface area contributed by atoms with Crippen molar-refractivity contribution in [2.75, 3.05) is 0 Å². The Balaban J connectivity index is 3.88. The van der Waals surface area contributed by atoms with Crippen molar-refractivity contribution in [3.05, 3.63) is 11.6 Å². The van der Waals surface area contributed by atoms with Crippen LogP contribution >= 0.6 is 23.2 Å². The molecule has 0 fully saturated rings. The maximum absolute atomic E-state index is 11.4. The fourth-order valence-corrected chi connectivity index (χ4v) is 0.466. The Morgan fingerprint density at radius 1 is 1.33 bits per heavy atom. The smallest absolute Gasteiger partial charge is 0.169 e. The van der Waals surface area contributed by atoms with E-state index in [4.69, 9.17) is 23.2 Å². The van der Waals surface area contributed by atoms with Gasteiger partial charge in [-0.2, -0.15) is 13.2 Å². The minimum absolute atomic E-state index is 0.656. The maximum atomic E-state index is 11.4. The first-order chi connectivity index (χ1) is 3.98. The van der Waals surface area contributed by atoms with Gasteiger partial charge in [0.25, 0.3) is 0 Å². The van der Waals surface area contributed by atoms with E-state index in [9.17, 15) is 13.2 Å². The summed E-state index contributed by atoms with van der Waals surface area (Å²) in [6, 6.07) is 0. The molecule has 0 heterocycles. The highest BCUT2D eigenvalue weighted by Crippen LogP contribution is 2.25. The van der Waals surface area contributed by atoms with Crippen LogP contribution in [0, 0.1) is 0 Å². The number of rotatable bonds is 1. The summed E-state index contributed by atoms with van der Waals surface area (Å²) in [5.74, 6) is 0. The lowest BCUT2D eigenvalue weighted by Gasteiger charge is -2.07. The molecule has 0 aromatic heterocycles. The summed E-state index contributed by atoms with van der Waals surface area (Å²) >= 11 is 9.60. The van der Waals surface area contributed by atoms with Crippen molar-refractivity contribution < 1.29 is 13.2 Å². The van der Waals surface area contributed by atoms with Gasteiger partial charge in [0.15, 0.2) is 0 Å². The van der Waals surface area contributed by atoms with Crippen molar-refractivity contribution in [2.45, 2.75) is 11.6 Å². The number of alkyl halides is 4. The minimum Gasteiger partial charge on any atom is -0.169 e. The minimum atomic E-state index is -4.40. The van der Waals surface area contributed by atoms with Gasteiger partial charge in [0.2, 0.25) is 0 Å². The quantitative estimate of drug-likeness (QED) is 0.542. The van der Waals surface area contributed by atoms with Crippen LogP contribution in [-0.2, 0) is 0 Å². The van der Waals surface area contributed by atoms with Gasteiger partial charge in [0, 0.05) is 5.54 Å². The fraction of sp³-hybridized carbons (Fsp3) is 0.500. The molecule has 0 amide bonds. The zero-order chi connectivity index (χ0) is 7.49. The highest BCUT2D eigenvalue weighted by molar-refractivity contribution is 6.27. The van der Waals surface area contributed by atoms with Crippen molar-refractivity contribution in [1.29, 1.82) is 0 Å². The van der Waals surface area contributed by atoms with Crippen LogP contribution in [0.25, 0.3) is 0 Å². The van der Waals surface area contributed by atoms with E-state index in [0.29, 0.717) is 6.08 Å². The predicted molar refractivity (Wildman–Crippen MR) is 30.7 cm³/mol. The first-order valence-electron chi connectivity index (χ1n) is 1.96. The number of halogens is 5. The number of hydrogen-bond acceptors (Lipinski definition) is 0. The number of hydrogen-bond donors (Lipinski definition) is 0. The molecular formula is C4H3Cl2F3. The van der Waals surface area contributed by atoms with E-state index in [-0.39, 0.29) is 0 Å². The average molecular weight is 179 g/mol. The molecule has 1 unspecified atom stereocenters. The van der Waals surface area contributed by atoms with Crippen LogP contribution < -0.4 is 0 Å². The van der Waals surface area contributed by atoms with E-state index >= 15 is 0 Å². The Bertz CT molecular complexity index is 107. The molecule has 0 saturated carbocycles. The van der Waals surface area contributed by atoms with Crippen LogP contribution in [0.3, 0.4) is 0 Å². The van der Waals surface area contributed by atoms with E-state index in [1.807, 2.05) is 0 Å². The largest absolute Gasteiger partial charge is 0.408 e. The Hall–Kier alpha value is 0.110. The second kappa shape index (κ2) is 3.32. The van der Waals surface area contributed by atoms with Gasteiger partial charge in [-0.15, -0.1) is 11.6 Å². The van der Waals surface area contributed by atoms with E-state index in [2.05, 4.69) is 0 Å². The molecule has 0 spiro atoms. The molecule has 0 aliphatic heterocycles. The molecule has 54 valence electrons. The third kappa shape index (κ3) is 3.65. The molecule has 0 aromatic carbocycles. The van der Waals surface area contributed by atoms with Gasteiger partial charge in [0.05, 0.1) is 0 Å². The summed E-state index contributed by atoms with van der Waals surface area (Å²) in [7, 11) is 0. The van der Waals surface area contributed by atoms with Gasteiger partial charge in [-0.05, 0) is 6.08 Å². The monoisotopic (exact) mass is 178 g/mol. The second-order valence-corrected chi connectivity index (χ2v) is 1.98. The Labute approximate surface area is 60.2 Å². The van der Waals surface area contributed by atoms with E-state index in [1.54, 1.807) is 0 Å². The molecule has 9 heavy (non-hydrogen) atoms. The Morgan fingerprint density at radius 3 is 1.89 bits per heavy atom. The maximum Gasteiger partial charge on any atom is 0.408 e. The van der Waals surface area contributed by atoms with Crippen LogP contribution in [0.4, 0.5) is 13.2 Å². The van der Waals surface area contributed by atoms with E-state index in [0.717, 1.165) is 5.54 Å². The zero-order valence-corrected chi connectivity index (χ0v) is 5.63. The van der Waals surface area contributed by atoms with Crippen molar-refractivity contribution in [3.63, 3.8) is 0 Å². The van der Waals surface area contributed by atoms with Crippen LogP contribution in [0.15, 0.2) is 11.6 Å². The normalized spacial score (nSPS) is 16.6. The van der Waals surface area contributed by atoms with Crippen molar-refractivity contribution in [2.24, 2.45) is 0 Å². The molecule has 0 aliphatic rings. The van der Waals surface area contributed by atoms with E-state index in [1.165, 1.54) is 0 Å². The lowest BCUT2D eigenvalue weighted by atomic mass is 10.4. The Kier molecular flexibility index (Phi) is 3.36. The Morgan fingerprint density at radius 2 is 1.78 bits per heavy atom. The fourth-order valence-electron chi connectivity index (χ4n) is 0.173. The molecule has 0 radical (unpaired) electrons. The van der Waals surface area contributed by atoms with Crippen LogP contribution in [0.1, 0.15) is 0 Å². The van der Waals surface area contributed by atoms with Gasteiger partial charge >= 0.3 is 6.18 Å². The summed E-state index contributed by atoms with van der Waals surface area (Å²) in [5.41, 5.74) is 0.741. The topological polar surface area (TPSA) is 0 Å². The van der Waals surface area contributed by atoms with Gasteiger partial charge in [-0.3, -0.25) is 0 Å². The van der Waals surface area contributed by atoms with E-state index < -0.39 is 11.6 Å². The van der Waals surface area contributed by atoms with Gasteiger partial charge in [0.1, 0.15) is 5.38 Å². The SMILES string of the molecule is FC(F)(F)C(Cl)/C=C/Cl. The zero-order valence-electron chi connectivity index (χ0n) is 4.12. The van der Waals surface area contributed by atoms with Crippen LogP contribution in [-0.4, -0.2) is 11.6 Å². The third-order valence-electron chi connectivity index (χ3n) is 0.554. The number of allylic oxidation sites excluding steroid dienone is 1. The molecule has 5 heteroatoms. The first kappa shape index (κ1) is 9.11. The van der Waals surface area contributed by atoms with Gasteiger partial charge in [-0.1, -0.05) is 11.6 Å². The molecular weight excluding hydrogens is 176 g/mol. The van der Waals surface area contributed by atoms with Gasteiger partial charge < -0.3 is 0 Å². The van der Waals surface area contributed by atoms with Crippen LogP contribution in [0.2, 0.25) is 0 Å². The molecule has 0 aliphatic carbocycles. The molecule has 1 atom stereocenters. The standard InChI is InChI=1S/C4H3Cl2F3/c5-2-1-3(6)4(7,8)9/h1-3H/b2-1+. The van der Waals surface area contributed by atoms with Crippen LogP contribution in [0.5, 0.6) is 0 Å². The third-order valence-corrected chi connectivity index (χ3v) is 1.09. The molecule has 0 rings (SSSR count). The second-order valence-electron chi connectivity index (χ2n) is 1.26. The summed E-state index contributed by atoms with van der Waals surface area (Å²) in [4.78, 5) is 0. The first-order valence-corrected chi connectivity index (χ1v) is 2.83. The summed E-state index contributed by atoms with van der Waals surface area (Å²) in [5, 5.41) is -1.98. The lowest BCUT2D eigenvalue weighted by molar-refractivity contribution is -0.121. The lowest BCUT2D eigenvalue weighted by Crippen LogP contribution is -2.20. The summed E-state index contributed by atoms with van der Waals surface area (Å²) in [6.07, 6.45) is -3.74. The van der Waals surface area contributed by atoms with Gasteiger partial charge in [-0.25, -0.2) is 0 Å². The molecule has 0 bridgehead atoms. The molecule has 0 aromatic rings. The predicted octanol–water partition coefficient (Wildman–Crippen LogP) is 2.91. The average Bonchev–Trinajstić information content (AvgIpc) is 1.64. The highest BCUT2D eigenvalue weighted by atomic mass is 35.5. The molecule has 0 nitrogen and oxygen atoms in total. The van der Waals surface area contributed by atoms with Crippen molar-refractivity contribution in [1.82, 2.24) is 0 Å². The van der Waals surface area contributed by atoms with Crippen molar-refractivity contribution >= 4 is 23.2 Å². The summed E-state index contributed by atoms with van der Waals surface area (Å²) < 4.78 is 34.2.